The van der Waals surface area contributed by atoms with Crippen molar-refractivity contribution < 1.29 is 19.4 Å². The molecule has 0 radical (unpaired) electrons. The lowest BCUT2D eigenvalue weighted by Gasteiger charge is -2.21. The monoisotopic (exact) mass is 434 g/mol. The minimum absolute atomic E-state index is 0.248. The average Bonchev–Trinajstić information content (AvgIpc) is 2.95. The van der Waals surface area contributed by atoms with Gasteiger partial charge < -0.3 is 15.2 Å². The third-order valence-electron chi connectivity index (χ3n) is 5.47. The van der Waals surface area contributed by atoms with Gasteiger partial charge in [0, 0.05) is 31.9 Å². The molecule has 0 aromatic heterocycles. The van der Waals surface area contributed by atoms with Crippen LogP contribution in [0.5, 0.6) is 5.75 Å². The molecule has 2 aliphatic heterocycles. The van der Waals surface area contributed by atoms with Gasteiger partial charge in [0.05, 0.1) is 24.8 Å². The van der Waals surface area contributed by atoms with Crippen LogP contribution in [0, 0.1) is 0 Å². The lowest BCUT2D eigenvalue weighted by atomic mass is 10.0. The van der Waals surface area contributed by atoms with Crippen molar-refractivity contribution in [2.45, 2.75) is 19.4 Å². The number of anilines is 1. The Morgan fingerprint density at radius 3 is 2.66 bits per heavy atom. The van der Waals surface area contributed by atoms with E-state index in [1.165, 1.54) is 17.7 Å². The van der Waals surface area contributed by atoms with Crippen LogP contribution in [0.15, 0.2) is 71.0 Å². The van der Waals surface area contributed by atoms with Crippen molar-refractivity contribution >= 4 is 23.3 Å². The summed E-state index contributed by atoms with van der Waals surface area (Å²) < 4.78 is 5.39. The topological polar surface area (TPSA) is 94.5 Å². The number of para-hydroxylation sites is 2. The Labute approximate surface area is 186 Å². The molecule has 0 atom stereocenters. The van der Waals surface area contributed by atoms with Crippen LogP contribution in [0.3, 0.4) is 0 Å². The standard InChI is InChI=1S/C24H26N4O4/c1-32-21-11-6-5-10-20(21)28-24(31)23(18(26-28)14-22(29)30)19-16-27(13-7-12-25-19)15-17-8-3-2-4-9-17/h2-6,8-11,25H,7,12-16H2,1H3,(H,29,30). The molecule has 2 aromatic rings. The second-order valence-corrected chi connectivity index (χ2v) is 7.74. The number of benzene rings is 2. The van der Waals surface area contributed by atoms with Crippen molar-refractivity contribution in [3.05, 3.63) is 71.4 Å². The first-order chi connectivity index (χ1) is 15.6. The summed E-state index contributed by atoms with van der Waals surface area (Å²) in [5.41, 5.74) is 2.95. The molecule has 2 aliphatic rings. The van der Waals surface area contributed by atoms with E-state index in [1.54, 1.807) is 24.3 Å². The third kappa shape index (κ3) is 4.65. The summed E-state index contributed by atoms with van der Waals surface area (Å²) in [6.07, 6.45) is 0.579. The van der Waals surface area contributed by atoms with Gasteiger partial charge in [-0.05, 0) is 24.1 Å². The van der Waals surface area contributed by atoms with Gasteiger partial charge in [-0.25, -0.2) is 0 Å². The molecule has 4 rings (SSSR count). The normalized spacial score (nSPS) is 19.3. The zero-order valence-electron chi connectivity index (χ0n) is 18.0. The fraction of sp³-hybridized carbons (Fsp3) is 0.292. The average molecular weight is 434 g/mol. The molecule has 0 aliphatic carbocycles. The SMILES string of the molecule is COc1ccccc1N1N=C(CC(=O)O)C(=C2CN(Cc3ccccc3)CCCN2)C1=O. The van der Waals surface area contributed by atoms with Gasteiger partial charge in [0.25, 0.3) is 5.91 Å². The van der Waals surface area contributed by atoms with Gasteiger partial charge in [0.2, 0.25) is 0 Å². The van der Waals surface area contributed by atoms with Crippen molar-refractivity contribution in [1.29, 1.82) is 0 Å². The van der Waals surface area contributed by atoms with E-state index in [2.05, 4.69) is 27.5 Å². The van der Waals surface area contributed by atoms with Gasteiger partial charge in [-0.2, -0.15) is 10.1 Å². The van der Waals surface area contributed by atoms with E-state index in [1.807, 2.05) is 18.2 Å². The van der Waals surface area contributed by atoms with E-state index in [0.717, 1.165) is 19.5 Å². The predicted molar refractivity (Wildman–Crippen MR) is 122 cm³/mol. The molecule has 1 saturated heterocycles. The number of carboxylic acid groups (broad SMARTS) is 1. The molecule has 2 heterocycles. The van der Waals surface area contributed by atoms with E-state index in [9.17, 15) is 14.7 Å². The molecule has 1 amide bonds. The van der Waals surface area contributed by atoms with Crippen LogP contribution >= 0.6 is 0 Å². The molecule has 2 aromatic carbocycles. The lowest BCUT2D eigenvalue weighted by Crippen LogP contribution is -2.31. The number of ether oxygens (including phenoxy) is 1. The number of amides is 1. The summed E-state index contributed by atoms with van der Waals surface area (Å²) in [5.74, 6) is -0.897. The van der Waals surface area contributed by atoms with Gasteiger partial charge in [-0.1, -0.05) is 42.5 Å². The molecule has 1 fully saturated rings. The van der Waals surface area contributed by atoms with Gasteiger partial charge >= 0.3 is 5.97 Å². The molecular formula is C24H26N4O4. The van der Waals surface area contributed by atoms with Crippen molar-refractivity contribution in [1.82, 2.24) is 10.2 Å². The summed E-state index contributed by atoms with van der Waals surface area (Å²) in [6, 6.07) is 17.2. The smallest absolute Gasteiger partial charge is 0.309 e. The van der Waals surface area contributed by atoms with Crippen LogP contribution in [0.1, 0.15) is 18.4 Å². The van der Waals surface area contributed by atoms with Gasteiger partial charge in [-0.15, -0.1) is 0 Å². The minimum atomic E-state index is -1.04. The molecule has 0 saturated carbocycles. The highest BCUT2D eigenvalue weighted by molar-refractivity contribution is 6.33. The minimum Gasteiger partial charge on any atom is -0.494 e. The molecular weight excluding hydrogens is 408 g/mol. The summed E-state index contributed by atoms with van der Waals surface area (Å²) >= 11 is 0. The first-order valence-electron chi connectivity index (χ1n) is 10.6. The number of carbonyl (C=O) groups is 2. The number of hydrazone groups is 1. The van der Waals surface area contributed by atoms with E-state index < -0.39 is 5.97 Å². The number of nitrogens with one attached hydrogen (secondary N) is 1. The highest BCUT2D eigenvalue weighted by Crippen LogP contribution is 2.33. The Balaban J connectivity index is 1.69. The summed E-state index contributed by atoms with van der Waals surface area (Å²) in [4.78, 5) is 27.3. The van der Waals surface area contributed by atoms with Crippen molar-refractivity contribution in [2.24, 2.45) is 5.10 Å². The maximum absolute atomic E-state index is 13.5. The van der Waals surface area contributed by atoms with Crippen LogP contribution in [0.2, 0.25) is 0 Å². The zero-order chi connectivity index (χ0) is 22.5. The van der Waals surface area contributed by atoms with Gasteiger partial charge in [0.15, 0.2) is 0 Å². The highest BCUT2D eigenvalue weighted by atomic mass is 16.5. The quantitative estimate of drug-likeness (QED) is 0.679. The summed E-state index contributed by atoms with van der Waals surface area (Å²) in [7, 11) is 1.52. The second-order valence-electron chi connectivity index (χ2n) is 7.74. The Morgan fingerprint density at radius 1 is 1.16 bits per heavy atom. The Morgan fingerprint density at radius 2 is 1.91 bits per heavy atom. The van der Waals surface area contributed by atoms with Crippen LogP contribution in [0.4, 0.5) is 5.69 Å². The Kier molecular flexibility index (Phi) is 6.51. The first-order valence-corrected chi connectivity index (χ1v) is 10.6. The fourth-order valence-corrected chi connectivity index (χ4v) is 4.03. The summed E-state index contributed by atoms with van der Waals surface area (Å²) in [6.45, 7) is 2.82. The molecule has 2 N–H and O–H groups in total. The van der Waals surface area contributed by atoms with E-state index in [-0.39, 0.29) is 18.0 Å². The maximum atomic E-state index is 13.5. The van der Waals surface area contributed by atoms with E-state index in [4.69, 9.17) is 4.74 Å². The molecule has 0 spiro atoms. The number of methoxy groups -OCH3 is 1. The van der Waals surface area contributed by atoms with Gasteiger partial charge in [0.1, 0.15) is 11.4 Å². The van der Waals surface area contributed by atoms with E-state index >= 15 is 0 Å². The first kappa shape index (κ1) is 21.6. The number of rotatable bonds is 6. The van der Waals surface area contributed by atoms with Gasteiger partial charge in [-0.3, -0.25) is 14.5 Å². The van der Waals surface area contributed by atoms with Crippen LogP contribution in [-0.4, -0.2) is 54.3 Å². The number of hydrogen-bond donors (Lipinski definition) is 2. The number of nitrogens with zero attached hydrogens (tertiary/aromatic N) is 3. The predicted octanol–water partition coefficient (Wildman–Crippen LogP) is 2.62. The van der Waals surface area contributed by atoms with Crippen molar-refractivity contribution in [3.63, 3.8) is 0 Å². The van der Waals surface area contributed by atoms with Crippen LogP contribution in [-0.2, 0) is 16.1 Å². The molecule has 8 heteroatoms. The molecule has 0 unspecified atom stereocenters. The zero-order valence-corrected chi connectivity index (χ0v) is 18.0. The summed E-state index contributed by atoms with van der Waals surface area (Å²) in [5, 5.41) is 18.5. The Hall–Kier alpha value is -3.65. The van der Waals surface area contributed by atoms with Crippen molar-refractivity contribution in [3.8, 4) is 5.75 Å². The van der Waals surface area contributed by atoms with E-state index in [0.29, 0.717) is 35.8 Å². The molecule has 8 nitrogen and oxygen atoms in total. The number of carboxylic acids is 1. The maximum Gasteiger partial charge on any atom is 0.309 e. The molecule has 166 valence electrons. The largest absolute Gasteiger partial charge is 0.494 e. The molecule has 32 heavy (non-hydrogen) atoms. The highest BCUT2D eigenvalue weighted by Gasteiger charge is 2.36. The Bertz CT molecular complexity index is 1060. The fourth-order valence-electron chi connectivity index (χ4n) is 4.03. The number of hydrogen-bond acceptors (Lipinski definition) is 6. The van der Waals surface area contributed by atoms with Crippen LogP contribution < -0.4 is 15.1 Å². The third-order valence-corrected chi connectivity index (χ3v) is 5.47. The number of carbonyl (C=O) groups excluding carboxylic acids is 1. The number of aliphatic carboxylic acids is 1. The lowest BCUT2D eigenvalue weighted by molar-refractivity contribution is -0.135. The second kappa shape index (κ2) is 9.65. The van der Waals surface area contributed by atoms with Crippen LogP contribution in [0.25, 0.3) is 0 Å². The molecule has 0 bridgehead atoms. The van der Waals surface area contributed by atoms with Crippen molar-refractivity contribution in [2.75, 3.05) is 31.8 Å².